The number of nitrogens with zero attached hydrogens (tertiary/aromatic N) is 1. The summed E-state index contributed by atoms with van der Waals surface area (Å²) in [6.45, 7) is 7.08. The number of rotatable bonds is 4. The zero-order valence-corrected chi connectivity index (χ0v) is 8.64. The molecule has 0 bridgehead atoms. The second-order valence-electron chi connectivity index (χ2n) is 3.89. The molecule has 1 rings (SSSR count). The van der Waals surface area contributed by atoms with Gasteiger partial charge in [-0.25, -0.2) is 0 Å². The van der Waals surface area contributed by atoms with Gasteiger partial charge in [0.05, 0.1) is 0 Å². The zero-order chi connectivity index (χ0) is 8.97. The minimum Gasteiger partial charge on any atom is -0.316 e. The minimum absolute atomic E-state index is 0.636. The van der Waals surface area contributed by atoms with E-state index < -0.39 is 0 Å². The summed E-state index contributed by atoms with van der Waals surface area (Å²) < 4.78 is 0. The van der Waals surface area contributed by atoms with Crippen molar-refractivity contribution in [3.8, 4) is 0 Å². The van der Waals surface area contributed by atoms with Crippen LogP contribution < -0.4 is 5.32 Å². The van der Waals surface area contributed by atoms with Crippen molar-refractivity contribution in [2.45, 2.75) is 45.2 Å². The number of likely N-dealkylation sites (N-methyl/N-ethyl adjacent to an activating group) is 1. The van der Waals surface area contributed by atoms with E-state index in [4.69, 9.17) is 0 Å². The van der Waals surface area contributed by atoms with Crippen molar-refractivity contribution >= 4 is 0 Å². The second-order valence-corrected chi connectivity index (χ2v) is 3.89. The number of hydrogen-bond donors (Lipinski definition) is 1. The van der Waals surface area contributed by atoms with Crippen molar-refractivity contribution in [2.75, 3.05) is 20.1 Å². The Morgan fingerprint density at radius 3 is 2.92 bits per heavy atom. The molecule has 2 heteroatoms. The minimum atomic E-state index is 0.636. The molecule has 0 aliphatic carbocycles. The summed E-state index contributed by atoms with van der Waals surface area (Å²) in [7, 11) is 2.04. The highest BCUT2D eigenvalue weighted by Crippen LogP contribution is 2.19. The monoisotopic (exact) mass is 170 g/mol. The first-order chi connectivity index (χ1) is 5.77. The van der Waals surface area contributed by atoms with E-state index in [1.54, 1.807) is 0 Å². The van der Waals surface area contributed by atoms with Gasteiger partial charge in [0.1, 0.15) is 0 Å². The molecule has 1 fully saturated rings. The maximum absolute atomic E-state index is 3.29. The van der Waals surface area contributed by atoms with Gasteiger partial charge in [-0.2, -0.15) is 0 Å². The van der Waals surface area contributed by atoms with Gasteiger partial charge in [0.25, 0.3) is 0 Å². The van der Waals surface area contributed by atoms with Crippen LogP contribution in [0.25, 0.3) is 0 Å². The lowest BCUT2D eigenvalue weighted by Gasteiger charge is -2.26. The van der Waals surface area contributed by atoms with Gasteiger partial charge in [0.2, 0.25) is 0 Å². The molecule has 1 aliphatic heterocycles. The van der Waals surface area contributed by atoms with E-state index in [0.717, 1.165) is 6.04 Å². The van der Waals surface area contributed by atoms with Crippen LogP contribution in [0.4, 0.5) is 0 Å². The summed E-state index contributed by atoms with van der Waals surface area (Å²) in [5, 5.41) is 3.29. The van der Waals surface area contributed by atoms with Gasteiger partial charge in [-0.15, -0.1) is 0 Å². The topological polar surface area (TPSA) is 15.3 Å². The van der Waals surface area contributed by atoms with E-state index in [9.17, 15) is 0 Å². The molecule has 72 valence electrons. The molecule has 0 radical (unpaired) electrons. The predicted octanol–water partition coefficient (Wildman–Crippen LogP) is 1.47. The maximum atomic E-state index is 3.29. The Hall–Kier alpha value is -0.0800. The van der Waals surface area contributed by atoms with Crippen LogP contribution in [0, 0.1) is 0 Å². The van der Waals surface area contributed by atoms with Crippen LogP contribution in [-0.4, -0.2) is 37.1 Å². The van der Waals surface area contributed by atoms with Gasteiger partial charge < -0.3 is 5.32 Å². The Bertz CT molecular complexity index is 125. The first-order valence-electron chi connectivity index (χ1n) is 5.19. The fraction of sp³-hybridized carbons (Fsp3) is 1.00. The maximum Gasteiger partial charge on any atom is 0.0163 e. The van der Waals surface area contributed by atoms with Crippen molar-refractivity contribution < 1.29 is 0 Å². The number of nitrogens with one attached hydrogen (secondary N) is 1. The fourth-order valence-corrected chi connectivity index (χ4v) is 2.04. The van der Waals surface area contributed by atoms with Gasteiger partial charge in [0, 0.05) is 18.6 Å². The van der Waals surface area contributed by atoms with Gasteiger partial charge in [-0.3, -0.25) is 4.90 Å². The molecule has 0 saturated carbocycles. The summed E-state index contributed by atoms with van der Waals surface area (Å²) in [5.74, 6) is 0. The normalized spacial score (nSPS) is 27.8. The van der Waals surface area contributed by atoms with Crippen molar-refractivity contribution in [3.63, 3.8) is 0 Å². The summed E-state index contributed by atoms with van der Waals surface area (Å²) in [6.07, 6.45) is 4.12. The number of likely N-dealkylation sites (tertiary alicyclic amines) is 1. The van der Waals surface area contributed by atoms with Gasteiger partial charge in [-0.05, 0) is 39.8 Å². The van der Waals surface area contributed by atoms with E-state index in [1.807, 2.05) is 7.05 Å². The van der Waals surface area contributed by atoms with E-state index in [2.05, 4.69) is 24.1 Å². The summed E-state index contributed by atoms with van der Waals surface area (Å²) in [4.78, 5) is 2.63. The van der Waals surface area contributed by atoms with E-state index in [1.165, 1.54) is 32.4 Å². The Kier molecular flexibility index (Phi) is 4.02. The molecule has 1 saturated heterocycles. The molecule has 2 unspecified atom stereocenters. The average molecular weight is 170 g/mol. The van der Waals surface area contributed by atoms with Crippen LogP contribution in [0.1, 0.15) is 33.1 Å². The van der Waals surface area contributed by atoms with E-state index in [-0.39, 0.29) is 0 Å². The summed E-state index contributed by atoms with van der Waals surface area (Å²) >= 11 is 0. The Balaban J connectivity index is 2.30. The van der Waals surface area contributed by atoms with E-state index in [0.29, 0.717) is 6.04 Å². The third-order valence-electron chi connectivity index (χ3n) is 2.97. The predicted molar refractivity (Wildman–Crippen MR) is 53.4 cm³/mol. The lowest BCUT2D eigenvalue weighted by Crippen LogP contribution is -2.39. The molecule has 0 aromatic rings. The lowest BCUT2D eigenvalue weighted by molar-refractivity contribution is 0.228. The van der Waals surface area contributed by atoms with E-state index >= 15 is 0 Å². The van der Waals surface area contributed by atoms with Crippen LogP contribution in [0.2, 0.25) is 0 Å². The number of hydrogen-bond acceptors (Lipinski definition) is 2. The molecule has 0 aromatic carbocycles. The Labute approximate surface area is 76.3 Å². The largest absolute Gasteiger partial charge is 0.316 e. The molecule has 0 amide bonds. The van der Waals surface area contributed by atoms with Crippen molar-refractivity contribution in [1.29, 1.82) is 0 Å². The molecule has 12 heavy (non-hydrogen) atoms. The highest BCUT2D eigenvalue weighted by Gasteiger charge is 2.23. The van der Waals surface area contributed by atoms with Crippen molar-refractivity contribution in [1.82, 2.24) is 10.2 Å². The fourth-order valence-electron chi connectivity index (χ4n) is 2.04. The summed E-state index contributed by atoms with van der Waals surface area (Å²) in [6, 6.07) is 1.50. The van der Waals surface area contributed by atoms with Gasteiger partial charge in [0.15, 0.2) is 0 Å². The molecule has 2 nitrogen and oxygen atoms in total. The standard InChI is InChI=1S/C10H22N2/c1-4-10-6-5-7-12(10)8-9(2)11-3/h9-11H,4-8H2,1-3H3. The van der Waals surface area contributed by atoms with Crippen molar-refractivity contribution in [3.05, 3.63) is 0 Å². The smallest absolute Gasteiger partial charge is 0.0163 e. The SMILES string of the molecule is CCC1CCCN1CC(C)NC. The quantitative estimate of drug-likeness (QED) is 0.687. The zero-order valence-electron chi connectivity index (χ0n) is 8.64. The highest BCUT2D eigenvalue weighted by atomic mass is 15.2. The van der Waals surface area contributed by atoms with Gasteiger partial charge in [-0.1, -0.05) is 6.92 Å². The van der Waals surface area contributed by atoms with Gasteiger partial charge >= 0.3 is 0 Å². The molecule has 2 atom stereocenters. The van der Waals surface area contributed by atoms with Crippen molar-refractivity contribution in [2.24, 2.45) is 0 Å². The molecule has 1 aliphatic rings. The second kappa shape index (κ2) is 4.83. The Morgan fingerprint density at radius 2 is 2.33 bits per heavy atom. The molecule has 1 N–H and O–H groups in total. The molecule has 0 spiro atoms. The third kappa shape index (κ3) is 2.46. The first-order valence-corrected chi connectivity index (χ1v) is 5.19. The van der Waals surface area contributed by atoms with Crippen LogP contribution in [0.15, 0.2) is 0 Å². The van der Waals surface area contributed by atoms with Crippen LogP contribution in [-0.2, 0) is 0 Å². The Morgan fingerprint density at radius 1 is 1.58 bits per heavy atom. The molecule has 0 aromatic heterocycles. The molecular weight excluding hydrogens is 148 g/mol. The average Bonchev–Trinajstić information content (AvgIpc) is 2.51. The lowest BCUT2D eigenvalue weighted by atomic mass is 10.1. The van der Waals surface area contributed by atoms with Crippen LogP contribution in [0.5, 0.6) is 0 Å². The molecular formula is C10H22N2. The third-order valence-corrected chi connectivity index (χ3v) is 2.97. The van der Waals surface area contributed by atoms with Crippen LogP contribution in [0.3, 0.4) is 0 Å². The van der Waals surface area contributed by atoms with Crippen LogP contribution >= 0.6 is 0 Å². The summed E-state index contributed by atoms with van der Waals surface area (Å²) in [5.41, 5.74) is 0. The molecule has 1 heterocycles. The first kappa shape index (κ1) is 10.0. The highest BCUT2D eigenvalue weighted by molar-refractivity contribution is 4.80.